The minimum absolute atomic E-state index is 0.0143. The lowest BCUT2D eigenvalue weighted by Crippen LogP contribution is -2.45. The highest BCUT2D eigenvalue weighted by Crippen LogP contribution is 2.30. The molecule has 0 spiro atoms. The number of halogens is 3. The molecule has 3 rings (SSSR count). The van der Waals surface area contributed by atoms with Gasteiger partial charge in [-0.2, -0.15) is 18.4 Å². The van der Waals surface area contributed by atoms with Crippen molar-refractivity contribution in [2.75, 3.05) is 5.32 Å². The van der Waals surface area contributed by atoms with Crippen LogP contribution in [0.5, 0.6) is 0 Å². The van der Waals surface area contributed by atoms with Crippen LogP contribution in [0.15, 0.2) is 40.2 Å². The van der Waals surface area contributed by atoms with E-state index >= 15 is 0 Å². The summed E-state index contributed by atoms with van der Waals surface area (Å²) in [7, 11) is 1.53. The Bertz CT molecular complexity index is 1530. The maximum atomic E-state index is 13.0. The third-order valence-corrected chi connectivity index (χ3v) is 6.83. The van der Waals surface area contributed by atoms with Crippen molar-refractivity contribution in [3.8, 4) is 6.07 Å². The molecule has 14 heteroatoms. The molecule has 0 aliphatic carbocycles. The summed E-state index contributed by atoms with van der Waals surface area (Å²) in [4.78, 5) is 42.5. The summed E-state index contributed by atoms with van der Waals surface area (Å²) < 4.78 is 42.3. The number of hydrogen-bond donors (Lipinski definition) is 2. The Morgan fingerprint density at radius 3 is 2.44 bits per heavy atom. The predicted molar refractivity (Wildman–Crippen MR) is 142 cm³/mol. The van der Waals surface area contributed by atoms with Crippen LogP contribution in [-0.4, -0.2) is 41.4 Å². The number of nitriles is 1. The van der Waals surface area contributed by atoms with E-state index in [1.54, 1.807) is 10.6 Å². The number of anilines is 1. The molecule has 0 radical (unpaired) electrons. The third-order valence-electron chi connectivity index (χ3n) is 6.83. The highest BCUT2D eigenvalue weighted by Gasteiger charge is 2.31. The highest BCUT2D eigenvalue weighted by atomic mass is 19.4. The largest absolute Gasteiger partial charge is 0.851 e. The molecule has 1 aromatic carbocycles. The Balaban J connectivity index is 1.59. The van der Waals surface area contributed by atoms with Gasteiger partial charge in [0, 0.05) is 25.8 Å². The summed E-state index contributed by atoms with van der Waals surface area (Å²) >= 11 is 0. The zero-order chi connectivity index (χ0) is 30.5. The molecule has 2 N–H and O–H groups in total. The Hall–Kier alpha value is -3.96. The van der Waals surface area contributed by atoms with Crippen LogP contribution in [0.25, 0.3) is 11.2 Å². The molecule has 0 saturated heterocycles. The van der Waals surface area contributed by atoms with Gasteiger partial charge < -0.3 is 20.1 Å². The summed E-state index contributed by atoms with van der Waals surface area (Å²) in [6.45, 7) is 3.98. The van der Waals surface area contributed by atoms with E-state index in [2.05, 4.69) is 10.3 Å². The predicted octanol–water partition coefficient (Wildman–Crippen LogP) is 2.14. The van der Waals surface area contributed by atoms with Crippen LogP contribution in [-0.2, 0) is 31.1 Å². The number of carbonyl (C=O) groups is 1. The zero-order valence-corrected chi connectivity index (χ0v) is 22.9. The molecule has 0 fully saturated rings. The normalized spacial score (nSPS) is 14.8. The number of imidazole rings is 1. The molecule has 2 heterocycles. The molecular weight excluding hydrogens is 545 g/mol. The first-order chi connectivity index (χ1) is 19.2. The number of hydrogen-bond acceptors (Lipinski definition) is 7. The molecule has 3 atom stereocenters. The molecule has 3 unspecified atom stereocenters. The number of aromatic nitrogens is 4. The van der Waals surface area contributed by atoms with E-state index in [0.29, 0.717) is 30.6 Å². The van der Waals surface area contributed by atoms with Gasteiger partial charge in [-0.3, -0.25) is 18.7 Å². The monoisotopic (exact) mass is 577 g/mol. The fraction of sp³-hybridized carbons (Fsp3) is 0.519. The van der Waals surface area contributed by atoms with Gasteiger partial charge in [0.2, 0.25) is 5.91 Å². The fourth-order valence-corrected chi connectivity index (χ4v) is 4.63. The standard InChI is InChI=1S/C27H32F3N6O5/c1-4-12-35-16-32-22-21(35)24(39)36(25(40)34(22)3)13-6-5-11-26(2,41)14-20(37)19(15-31)23(38)33-18-9-7-17(8-10-18)27(28,29)30/h7-10,16,19-20,41H,4-6,11-14H2,1-3H3,(H,33,38)/q-1. The molecule has 0 aliphatic rings. The number of nitrogens with zero attached hydrogens (tertiary/aromatic N) is 5. The Labute approximate surface area is 233 Å². The quantitative estimate of drug-likeness (QED) is 0.312. The van der Waals surface area contributed by atoms with Gasteiger partial charge in [0.15, 0.2) is 11.2 Å². The number of benzene rings is 1. The number of carbonyl (C=O) groups excluding carboxylic acids is 1. The lowest BCUT2D eigenvalue weighted by molar-refractivity contribution is -0.432. The van der Waals surface area contributed by atoms with Gasteiger partial charge in [0.05, 0.1) is 23.6 Å². The second-order valence-corrected chi connectivity index (χ2v) is 10.3. The minimum atomic E-state index is -4.56. The van der Waals surface area contributed by atoms with E-state index in [4.69, 9.17) is 0 Å². The third kappa shape index (κ3) is 7.42. The number of unbranched alkanes of at least 4 members (excludes halogenated alkanes) is 1. The van der Waals surface area contributed by atoms with E-state index in [1.165, 1.54) is 24.9 Å². The van der Waals surface area contributed by atoms with Crippen molar-refractivity contribution in [1.82, 2.24) is 18.7 Å². The molecule has 3 aromatic rings. The second-order valence-electron chi connectivity index (χ2n) is 10.3. The molecule has 11 nitrogen and oxygen atoms in total. The Kier molecular flexibility index (Phi) is 9.77. The number of rotatable bonds is 12. The van der Waals surface area contributed by atoms with E-state index < -0.39 is 52.9 Å². The van der Waals surface area contributed by atoms with Crippen molar-refractivity contribution in [3.63, 3.8) is 0 Å². The van der Waals surface area contributed by atoms with Crippen molar-refractivity contribution in [2.24, 2.45) is 13.0 Å². The maximum Gasteiger partial charge on any atom is 0.416 e. The van der Waals surface area contributed by atoms with Gasteiger partial charge >= 0.3 is 11.9 Å². The summed E-state index contributed by atoms with van der Waals surface area (Å²) in [5.74, 6) is -2.69. The zero-order valence-electron chi connectivity index (χ0n) is 22.9. The number of nitrogens with one attached hydrogen (secondary N) is 1. The van der Waals surface area contributed by atoms with Gasteiger partial charge in [0.25, 0.3) is 5.56 Å². The lowest BCUT2D eigenvalue weighted by atomic mass is 9.87. The molecular formula is C27H32F3N6O5-. The second kappa shape index (κ2) is 12.7. The number of aryl methyl sites for hydroxylation is 2. The Morgan fingerprint density at radius 2 is 1.85 bits per heavy atom. The first-order valence-electron chi connectivity index (χ1n) is 13.1. The lowest BCUT2D eigenvalue weighted by Gasteiger charge is -2.34. The average molecular weight is 578 g/mol. The van der Waals surface area contributed by atoms with Crippen molar-refractivity contribution >= 4 is 22.8 Å². The van der Waals surface area contributed by atoms with E-state index in [1.807, 2.05) is 6.92 Å². The average Bonchev–Trinajstić information content (AvgIpc) is 3.31. The van der Waals surface area contributed by atoms with Gasteiger partial charge in [-0.1, -0.05) is 13.0 Å². The van der Waals surface area contributed by atoms with Crippen molar-refractivity contribution in [2.45, 2.75) is 76.9 Å². The van der Waals surface area contributed by atoms with Crippen molar-refractivity contribution in [1.29, 1.82) is 5.26 Å². The van der Waals surface area contributed by atoms with Gasteiger partial charge in [-0.05, 0) is 63.3 Å². The van der Waals surface area contributed by atoms with Crippen molar-refractivity contribution < 1.29 is 28.2 Å². The summed E-state index contributed by atoms with van der Waals surface area (Å²) in [6.07, 6.45) is -3.78. The highest BCUT2D eigenvalue weighted by molar-refractivity contribution is 5.94. The van der Waals surface area contributed by atoms with E-state index in [-0.39, 0.29) is 18.7 Å². The molecule has 0 bridgehead atoms. The van der Waals surface area contributed by atoms with E-state index in [9.17, 15) is 43.0 Å². The van der Waals surface area contributed by atoms with Crippen molar-refractivity contribution in [3.05, 3.63) is 57.0 Å². The van der Waals surface area contributed by atoms with Gasteiger partial charge in [-0.25, -0.2) is 9.78 Å². The Morgan fingerprint density at radius 1 is 1.20 bits per heavy atom. The molecule has 0 saturated carbocycles. The SMILES string of the molecule is CCCn1cnc2c1c(=O)n(CCCCC(C)(O)CC([O-])C(C#N)C(=O)Nc1ccc(C(F)(F)F)cc1)c(=O)n2C. The van der Waals surface area contributed by atoms with Crippen LogP contribution in [0.4, 0.5) is 18.9 Å². The molecule has 222 valence electrons. The smallest absolute Gasteiger partial charge is 0.416 e. The molecule has 0 aliphatic heterocycles. The van der Waals surface area contributed by atoms with Crippen LogP contribution in [0.1, 0.15) is 51.5 Å². The fourth-order valence-electron chi connectivity index (χ4n) is 4.63. The maximum absolute atomic E-state index is 13.0. The van der Waals surface area contributed by atoms with E-state index in [0.717, 1.165) is 35.3 Å². The van der Waals surface area contributed by atoms with Crippen LogP contribution in [0, 0.1) is 17.2 Å². The summed E-state index contributed by atoms with van der Waals surface area (Å²) in [6, 6.07) is 5.16. The topological polar surface area (TPSA) is 158 Å². The first kappa shape index (κ1) is 31.6. The minimum Gasteiger partial charge on any atom is -0.851 e. The number of amides is 1. The molecule has 41 heavy (non-hydrogen) atoms. The van der Waals surface area contributed by atoms with Crippen LogP contribution in [0.3, 0.4) is 0 Å². The number of alkyl halides is 3. The molecule has 1 amide bonds. The summed E-state index contributed by atoms with van der Waals surface area (Å²) in [5, 5.41) is 35.2. The van der Waals surface area contributed by atoms with Gasteiger partial charge in [0.1, 0.15) is 5.92 Å². The summed E-state index contributed by atoms with van der Waals surface area (Å²) in [5.41, 5.74) is -2.85. The first-order valence-corrected chi connectivity index (χ1v) is 13.1. The number of aliphatic hydroxyl groups is 1. The van der Waals surface area contributed by atoms with Crippen LogP contribution >= 0.6 is 0 Å². The van der Waals surface area contributed by atoms with Crippen LogP contribution < -0.4 is 21.7 Å². The van der Waals surface area contributed by atoms with Crippen LogP contribution in [0.2, 0.25) is 0 Å². The number of fused-ring (bicyclic) bond motifs is 1. The van der Waals surface area contributed by atoms with Gasteiger partial charge in [-0.15, -0.1) is 0 Å². The molecule has 2 aromatic heterocycles.